The Labute approximate surface area is 164 Å². The lowest BCUT2D eigenvalue weighted by Gasteiger charge is -2.23. The lowest BCUT2D eigenvalue weighted by atomic mass is 10.0. The van der Waals surface area contributed by atoms with Crippen LogP contribution in [-0.4, -0.2) is 54.1 Å². The highest BCUT2D eigenvalue weighted by Gasteiger charge is 2.31. The van der Waals surface area contributed by atoms with Crippen molar-refractivity contribution < 1.29 is 14.6 Å². The van der Waals surface area contributed by atoms with Gasteiger partial charge >= 0.3 is 0 Å². The summed E-state index contributed by atoms with van der Waals surface area (Å²) in [6.45, 7) is 3.11. The van der Waals surface area contributed by atoms with E-state index in [0.717, 1.165) is 36.2 Å². The number of hydrogen-bond donors (Lipinski definition) is 1. The number of ether oxygens (including phenoxy) is 1. The van der Waals surface area contributed by atoms with Crippen molar-refractivity contribution in [1.29, 1.82) is 0 Å². The molecule has 2 aromatic rings. The van der Waals surface area contributed by atoms with Gasteiger partial charge in [0, 0.05) is 23.7 Å². The fourth-order valence-corrected chi connectivity index (χ4v) is 4.11. The second-order valence-corrected chi connectivity index (χ2v) is 7.79. The highest BCUT2D eigenvalue weighted by molar-refractivity contribution is 6.30. The van der Waals surface area contributed by atoms with Crippen LogP contribution in [0, 0.1) is 5.92 Å². The molecule has 1 amide bonds. The van der Waals surface area contributed by atoms with Gasteiger partial charge in [0.05, 0.1) is 12.5 Å². The number of carbonyl (C=O) groups excluding carboxylic acids is 1. The van der Waals surface area contributed by atoms with Crippen molar-refractivity contribution in [3.05, 3.63) is 47.0 Å². The molecule has 142 valence electrons. The number of phenolic OH excluding ortho intramolecular Hbond substituents is 1. The predicted molar refractivity (Wildman–Crippen MR) is 105 cm³/mol. The van der Waals surface area contributed by atoms with Crippen LogP contribution in [0.15, 0.2) is 36.4 Å². The van der Waals surface area contributed by atoms with Gasteiger partial charge in [0.25, 0.3) is 0 Å². The molecule has 5 nitrogen and oxygen atoms in total. The molecule has 2 heterocycles. The molecule has 0 aliphatic carbocycles. The molecule has 0 aromatic heterocycles. The van der Waals surface area contributed by atoms with Gasteiger partial charge in [-0.05, 0) is 55.4 Å². The predicted octanol–water partition coefficient (Wildman–Crippen LogP) is 3.39. The Morgan fingerprint density at radius 2 is 2.07 bits per heavy atom. The maximum absolute atomic E-state index is 13.0. The molecule has 0 bridgehead atoms. The number of benzene rings is 2. The molecule has 0 radical (unpaired) electrons. The van der Waals surface area contributed by atoms with Crippen LogP contribution in [0.3, 0.4) is 0 Å². The molecule has 1 saturated heterocycles. The summed E-state index contributed by atoms with van der Waals surface area (Å²) < 4.78 is 5.78. The van der Waals surface area contributed by atoms with Crippen LogP contribution in [0.1, 0.15) is 12.0 Å². The van der Waals surface area contributed by atoms with Crippen LogP contribution in [-0.2, 0) is 11.3 Å². The summed E-state index contributed by atoms with van der Waals surface area (Å²) in [6, 6.07) is 11.2. The molecule has 1 N–H and O–H groups in total. The number of hydrogen-bond acceptors (Lipinski definition) is 4. The van der Waals surface area contributed by atoms with Gasteiger partial charge in [-0.15, -0.1) is 0 Å². The smallest absolute Gasteiger partial charge is 0.227 e. The summed E-state index contributed by atoms with van der Waals surface area (Å²) in [5, 5.41) is 11.1. The fraction of sp³-hybridized carbons (Fsp3) is 0.381. The van der Waals surface area contributed by atoms with Crippen molar-refractivity contribution in [2.45, 2.75) is 13.0 Å². The minimum atomic E-state index is 0.0428. The lowest BCUT2D eigenvalue weighted by molar-refractivity contribution is -0.135. The van der Waals surface area contributed by atoms with Crippen molar-refractivity contribution in [3.63, 3.8) is 0 Å². The number of amides is 1. The third-order valence-electron chi connectivity index (χ3n) is 5.33. The van der Waals surface area contributed by atoms with Gasteiger partial charge in [0.15, 0.2) is 11.5 Å². The topological polar surface area (TPSA) is 53.0 Å². The molecule has 1 fully saturated rings. The number of carbonyl (C=O) groups is 1. The molecule has 6 heteroatoms. The standard InChI is InChI=1S/C21H23ClN2O3/c1-23-6-5-15(12-23)21(26)24-7-8-27-20-17(13-24)9-16(11-19(20)25)14-3-2-4-18(22)10-14/h2-4,9-11,15,25H,5-8,12-13H2,1H3/t15-/m0/s1. The van der Waals surface area contributed by atoms with E-state index in [1.54, 1.807) is 6.07 Å². The average Bonchev–Trinajstić information content (AvgIpc) is 2.96. The van der Waals surface area contributed by atoms with E-state index in [1.807, 2.05) is 42.3 Å². The highest BCUT2D eigenvalue weighted by Crippen LogP contribution is 2.38. The molecule has 2 aromatic carbocycles. The van der Waals surface area contributed by atoms with Gasteiger partial charge in [-0.3, -0.25) is 4.79 Å². The Morgan fingerprint density at radius 3 is 2.81 bits per heavy atom. The molecule has 1 atom stereocenters. The van der Waals surface area contributed by atoms with Crippen molar-refractivity contribution in [1.82, 2.24) is 9.80 Å². The first-order chi connectivity index (χ1) is 13.0. The molecule has 0 spiro atoms. The normalized spacial score (nSPS) is 20.1. The van der Waals surface area contributed by atoms with Crippen molar-refractivity contribution >= 4 is 17.5 Å². The molecular weight excluding hydrogens is 364 g/mol. The van der Waals surface area contributed by atoms with Crippen molar-refractivity contribution in [3.8, 4) is 22.6 Å². The third-order valence-corrected chi connectivity index (χ3v) is 5.56. The van der Waals surface area contributed by atoms with E-state index in [9.17, 15) is 9.90 Å². The van der Waals surface area contributed by atoms with E-state index in [2.05, 4.69) is 4.90 Å². The highest BCUT2D eigenvalue weighted by atomic mass is 35.5. The summed E-state index contributed by atoms with van der Waals surface area (Å²) in [7, 11) is 2.05. The van der Waals surface area contributed by atoms with E-state index in [1.165, 1.54) is 0 Å². The average molecular weight is 387 g/mol. The van der Waals surface area contributed by atoms with E-state index < -0.39 is 0 Å². The lowest BCUT2D eigenvalue weighted by Crippen LogP contribution is -2.38. The summed E-state index contributed by atoms with van der Waals surface area (Å²) in [6.07, 6.45) is 0.896. The van der Waals surface area contributed by atoms with Crippen LogP contribution in [0.2, 0.25) is 5.02 Å². The quantitative estimate of drug-likeness (QED) is 0.859. The first kappa shape index (κ1) is 18.1. The minimum absolute atomic E-state index is 0.0428. The van der Waals surface area contributed by atoms with E-state index in [4.69, 9.17) is 16.3 Å². The maximum atomic E-state index is 13.0. The van der Waals surface area contributed by atoms with E-state index >= 15 is 0 Å². The molecule has 2 aliphatic heterocycles. The van der Waals surface area contributed by atoms with Crippen molar-refractivity contribution in [2.24, 2.45) is 5.92 Å². The van der Waals surface area contributed by atoms with Crippen LogP contribution in [0.5, 0.6) is 11.5 Å². The molecule has 0 unspecified atom stereocenters. The number of fused-ring (bicyclic) bond motifs is 1. The Hall–Kier alpha value is -2.24. The molecular formula is C21H23ClN2O3. The zero-order valence-corrected chi connectivity index (χ0v) is 16.1. The SMILES string of the molecule is CN1CC[C@H](C(=O)N2CCOc3c(O)cc(-c4cccc(Cl)c4)cc3C2)C1. The third kappa shape index (κ3) is 3.75. The maximum Gasteiger partial charge on any atom is 0.227 e. The molecule has 0 saturated carbocycles. The summed E-state index contributed by atoms with van der Waals surface area (Å²) in [5.41, 5.74) is 2.59. The largest absolute Gasteiger partial charge is 0.504 e. The Bertz CT molecular complexity index is 871. The van der Waals surface area contributed by atoms with Crippen LogP contribution >= 0.6 is 11.6 Å². The summed E-state index contributed by atoms with van der Waals surface area (Å²) in [4.78, 5) is 17.0. The fourth-order valence-electron chi connectivity index (χ4n) is 3.92. The second-order valence-electron chi connectivity index (χ2n) is 7.35. The number of aromatic hydroxyl groups is 1. The van der Waals surface area contributed by atoms with E-state index in [-0.39, 0.29) is 17.6 Å². The summed E-state index contributed by atoms with van der Waals surface area (Å²) in [5.74, 6) is 0.779. The van der Waals surface area contributed by atoms with E-state index in [0.29, 0.717) is 30.5 Å². The van der Waals surface area contributed by atoms with Gasteiger partial charge in [0.1, 0.15) is 6.61 Å². The first-order valence-electron chi connectivity index (χ1n) is 9.23. The van der Waals surface area contributed by atoms with Gasteiger partial charge in [-0.2, -0.15) is 0 Å². The minimum Gasteiger partial charge on any atom is -0.504 e. The monoisotopic (exact) mass is 386 g/mol. The zero-order valence-electron chi connectivity index (χ0n) is 15.3. The van der Waals surface area contributed by atoms with Gasteiger partial charge in [0.2, 0.25) is 5.91 Å². The zero-order chi connectivity index (χ0) is 19.0. The van der Waals surface area contributed by atoms with Gasteiger partial charge < -0.3 is 19.6 Å². The number of likely N-dealkylation sites (tertiary alicyclic amines) is 1. The van der Waals surface area contributed by atoms with Crippen LogP contribution in [0.25, 0.3) is 11.1 Å². The molecule has 27 heavy (non-hydrogen) atoms. The summed E-state index contributed by atoms with van der Waals surface area (Å²) >= 11 is 6.11. The van der Waals surface area contributed by atoms with Crippen LogP contribution in [0.4, 0.5) is 0 Å². The Kier molecular flexibility index (Phi) is 4.98. The molecule has 2 aliphatic rings. The van der Waals surface area contributed by atoms with Gasteiger partial charge in [-0.1, -0.05) is 23.7 Å². The second kappa shape index (κ2) is 7.41. The number of phenols is 1. The van der Waals surface area contributed by atoms with Crippen molar-refractivity contribution in [2.75, 3.05) is 33.3 Å². The Balaban J connectivity index is 1.64. The number of halogens is 1. The first-order valence-corrected chi connectivity index (χ1v) is 9.61. The molecule has 4 rings (SSSR count). The number of rotatable bonds is 2. The van der Waals surface area contributed by atoms with Crippen LogP contribution < -0.4 is 4.74 Å². The van der Waals surface area contributed by atoms with Gasteiger partial charge in [-0.25, -0.2) is 0 Å². The number of nitrogens with zero attached hydrogens (tertiary/aromatic N) is 2. The Morgan fingerprint density at radius 1 is 1.22 bits per heavy atom.